The number of carbonyl (C=O) groups is 1. The Labute approximate surface area is 187 Å². The Kier molecular flexibility index (Phi) is 6.87. The number of rotatable bonds is 9. The molecule has 0 aliphatic heterocycles. The molecule has 0 saturated carbocycles. The molecular formula is C25H28N6O. The van der Waals surface area contributed by atoms with Gasteiger partial charge in [0.15, 0.2) is 5.65 Å². The third kappa shape index (κ3) is 4.84. The maximum absolute atomic E-state index is 12.8. The summed E-state index contributed by atoms with van der Waals surface area (Å²) < 4.78 is 1.72. The molecule has 1 amide bonds. The molecule has 4 aromatic rings. The van der Waals surface area contributed by atoms with E-state index in [0.717, 1.165) is 36.2 Å². The molecule has 1 atom stereocenters. The van der Waals surface area contributed by atoms with Crippen LogP contribution in [0.4, 0.5) is 0 Å². The fourth-order valence-electron chi connectivity index (χ4n) is 3.57. The number of aromatic nitrogens is 4. The normalized spacial score (nSPS) is 12.1. The number of fused-ring (bicyclic) bond motifs is 1. The third-order valence-corrected chi connectivity index (χ3v) is 5.42. The lowest BCUT2D eigenvalue weighted by atomic mass is 10.1. The van der Waals surface area contributed by atoms with Crippen LogP contribution in [-0.2, 0) is 0 Å². The van der Waals surface area contributed by atoms with Gasteiger partial charge in [-0.1, -0.05) is 44.2 Å². The van der Waals surface area contributed by atoms with Crippen molar-refractivity contribution in [3.05, 3.63) is 72.7 Å². The van der Waals surface area contributed by atoms with E-state index in [1.165, 1.54) is 0 Å². The molecule has 2 N–H and O–H groups in total. The molecule has 0 aliphatic rings. The zero-order valence-corrected chi connectivity index (χ0v) is 18.5. The summed E-state index contributed by atoms with van der Waals surface area (Å²) in [5.41, 5.74) is 4.62. The minimum atomic E-state index is -0.111. The van der Waals surface area contributed by atoms with Gasteiger partial charge in [-0.05, 0) is 37.6 Å². The van der Waals surface area contributed by atoms with Gasteiger partial charge in [0, 0.05) is 36.1 Å². The van der Waals surface area contributed by atoms with Crippen LogP contribution >= 0.6 is 0 Å². The van der Waals surface area contributed by atoms with E-state index in [4.69, 9.17) is 4.98 Å². The molecule has 7 heteroatoms. The summed E-state index contributed by atoms with van der Waals surface area (Å²) in [5.74, 6) is -0.111. The first kappa shape index (κ1) is 21.6. The number of hydrogen-bond donors (Lipinski definition) is 2. The second-order valence-electron chi connectivity index (χ2n) is 7.70. The lowest BCUT2D eigenvalue weighted by molar-refractivity contribution is 0.0949. The van der Waals surface area contributed by atoms with Crippen LogP contribution < -0.4 is 10.6 Å². The molecule has 1 aromatic carbocycles. The van der Waals surface area contributed by atoms with E-state index in [1.807, 2.05) is 42.6 Å². The Hall–Kier alpha value is -3.58. The summed E-state index contributed by atoms with van der Waals surface area (Å²) in [5, 5.41) is 10.9. The number of amides is 1. The third-order valence-electron chi connectivity index (χ3n) is 5.42. The second-order valence-corrected chi connectivity index (χ2v) is 7.70. The smallest absolute Gasteiger partial charge is 0.251 e. The van der Waals surface area contributed by atoms with Crippen LogP contribution in [0.25, 0.3) is 28.2 Å². The van der Waals surface area contributed by atoms with Crippen LogP contribution in [-0.4, -0.2) is 44.6 Å². The molecular weight excluding hydrogens is 400 g/mol. The van der Waals surface area contributed by atoms with Gasteiger partial charge in [0.05, 0.1) is 23.1 Å². The van der Waals surface area contributed by atoms with Gasteiger partial charge >= 0.3 is 0 Å². The van der Waals surface area contributed by atoms with Gasteiger partial charge in [-0.15, -0.1) is 0 Å². The van der Waals surface area contributed by atoms with Crippen LogP contribution in [0, 0.1) is 0 Å². The predicted octanol–water partition coefficient (Wildman–Crippen LogP) is 3.97. The van der Waals surface area contributed by atoms with Crippen molar-refractivity contribution in [1.29, 1.82) is 0 Å². The molecule has 1 unspecified atom stereocenters. The minimum absolute atomic E-state index is 0.111. The lowest BCUT2D eigenvalue weighted by Gasteiger charge is -2.17. The fraction of sp³-hybridized carbons (Fsp3) is 0.280. The average molecular weight is 429 g/mol. The van der Waals surface area contributed by atoms with Crippen molar-refractivity contribution in [2.45, 2.75) is 32.7 Å². The number of benzene rings is 1. The van der Waals surface area contributed by atoms with Crippen LogP contribution in [0.5, 0.6) is 0 Å². The zero-order chi connectivity index (χ0) is 22.3. The summed E-state index contributed by atoms with van der Waals surface area (Å²) in [6.07, 6.45) is 7.31. The largest absolute Gasteiger partial charge is 0.350 e. The second kappa shape index (κ2) is 10.2. The van der Waals surface area contributed by atoms with Crippen molar-refractivity contribution in [2.24, 2.45) is 0 Å². The number of nitrogens with one attached hydrogen (secondary N) is 2. The average Bonchev–Trinajstić information content (AvgIpc) is 3.28. The van der Waals surface area contributed by atoms with Gasteiger partial charge in [-0.25, -0.2) is 9.50 Å². The molecule has 0 fully saturated rings. The van der Waals surface area contributed by atoms with Crippen molar-refractivity contribution in [3.8, 4) is 22.5 Å². The van der Waals surface area contributed by atoms with Crippen LogP contribution in [0.2, 0.25) is 0 Å². The minimum Gasteiger partial charge on any atom is -0.350 e. The Bertz CT molecular complexity index is 1190. The molecule has 0 aliphatic carbocycles. The quantitative estimate of drug-likeness (QED) is 0.421. The van der Waals surface area contributed by atoms with Crippen molar-refractivity contribution in [3.63, 3.8) is 0 Å². The lowest BCUT2D eigenvalue weighted by Crippen LogP contribution is -2.40. The van der Waals surface area contributed by atoms with Crippen molar-refractivity contribution in [2.75, 3.05) is 13.1 Å². The molecule has 7 nitrogen and oxygen atoms in total. The van der Waals surface area contributed by atoms with Gasteiger partial charge in [0.2, 0.25) is 0 Å². The fourth-order valence-corrected chi connectivity index (χ4v) is 3.57. The van der Waals surface area contributed by atoms with Gasteiger partial charge in [-0.3, -0.25) is 9.78 Å². The van der Waals surface area contributed by atoms with E-state index in [-0.39, 0.29) is 11.9 Å². The Morgan fingerprint density at radius 2 is 1.94 bits per heavy atom. The highest BCUT2D eigenvalue weighted by Crippen LogP contribution is 2.25. The monoisotopic (exact) mass is 428 g/mol. The number of pyridine rings is 1. The maximum Gasteiger partial charge on any atom is 0.251 e. The van der Waals surface area contributed by atoms with Crippen molar-refractivity contribution < 1.29 is 4.79 Å². The van der Waals surface area contributed by atoms with Crippen LogP contribution in [0.1, 0.15) is 37.0 Å². The van der Waals surface area contributed by atoms with Crippen molar-refractivity contribution >= 4 is 11.6 Å². The Morgan fingerprint density at radius 1 is 1.09 bits per heavy atom. The van der Waals surface area contributed by atoms with Crippen LogP contribution in [0.3, 0.4) is 0 Å². The van der Waals surface area contributed by atoms with E-state index in [2.05, 4.69) is 34.6 Å². The van der Waals surface area contributed by atoms with Gasteiger partial charge in [-0.2, -0.15) is 5.10 Å². The Balaban J connectivity index is 1.57. The first-order valence-corrected chi connectivity index (χ1v) is 11.1. The topological polar surface area (TPSA) is 84.2 Å². The number of nitrogens with zero attached hydrogens (tertiary/aromatic N) is 4. The first-order chi connectivity index (χ1) is 15.7. The van der Waals surface area contributed by atoms with Gasteiger partial charge < -0.3 is 10.6 Å². The highest BCUT2D eigenvalue weighted by atomic mass is 16.1. The maximum atomic E-state index is 12.8. The molecule has 0 bridgehead atoms. The van der Waals surface area contributed by atoms with E-state index >= 15 is 0 Å². The van der Waals surface area contributed by atoms with Crippen LogP contribution in [0.15, 0.2) is 67.1 Å². The van der Waals surface area contributed by atoms with E-state index < -0.39 is 0 Å². The first-order valence-electron chi connectivity index (χ1n) is 11.1. The van der Waals surface area contributed by atoms with Crippen molar-refractivity contribution in [1.82, 2.24) is 30.2 Å². The highest BCUT2D eigenvalue weighted by Gasteiger charge is 2.14. The van der Waals surface area contributed by atoms with E-state index in [1.54, 1.807) is 29.0 Å². The standard InChI is InChI=1S/C25H28N6O/c1-3-12-26-20(4-2)16-28-25(32)19-10-13-27-23(15-19)21-17-29-31-14-11-22(30-24(21)31)18-8-6-5-7-9-18/h5-11,13-15,17,20,26H,3-4,12,16H2,1-2H3,(H,28,32). The summed E-state index contributed by atoms with van der Waals surface area (Å²) in [6, 6.07) is 15.7. The summed E-state index contributed by atoms with van der Waals surface area (Å²) >= 11 is 0. The van der Waals surface area contributed by atoms with Gasteiger partial charge in [0.1, 0.15) is 0 Å². The highest BCUT2D eigenvalue weighted by molar-refractivity contribution is 5.95. The van der Waals surface area contributed by atoms with E-state index in [9.17, 15) is 4.79 Å². The molecule has 0 radical (unpaired) electrons. The molecule has 4 rings (SSSR count). The molecule has 0 spiro atoms. The predicted molar refractivity (Wildman–Crippen MR) is 126 cm³/mol. The van der Waals surface area contributed by atoms with Gasteiger partial charge in [0.25, 0.3) is 5.91 Å². The molecule has 0 saturated heterocycles. The molecule has 164 valence electrons. The summed E-state index contributed by atoms with van der Waals surface area (Å²) in [6.45, 7) is 5.78. The molecule has 3 heterocycles. The summed E-state index contributed by atoms with van der Waals surface area (Å²) in [4.78, 5) is 22.1. The summed E-state index contributed by atoms with van der Waals surface area (Å²) in [7, 11) is 0. The Morgan fingerprint density at radius 3 is 2.72 bits per heavy atom. The zero-order valence-electron chi connectivity index (χ0n) is 18.5. The number of hydrogen-bond acceptors (Lipinski definition) is 5. The SMILES string of the molecule is CCCNC(CC)CNC(=O)c1ccnc(-c2cnn3ccc(-c4ccccc4)nc23)c1. The molecule has 32 heavy (non-hydrogen) atoms. The molecule has 3 aromatic heterocycles. The number of carbonyl (C=O) groups excluding carboxylic acids is 1. The van der Waals surface area contributed by atoms with E-state index in [0.29, 0.717) is 23.4 Å².